The first-order chi connectivity index (χ1) is 15.6. The summed E-state index contributed by atoms with van der Waals surface area (Å²) in [6, 6.07) is 0. The minimum atomic E-state index is -1.24. The number of ether oxygens (including phenoxy) is 1. The third-order valence-electron chi connectivity index (χ3n) is 6.41. The number of imidazole rings is 1. The lowest BCUT2D eigenvalue weighted by atomic mass is 9.86. The average molecular weight is 444 g/mol. The largest absolute Gasteiger partial charge is 0.394 e. The Hall–Kier alpha value is -2.67. The molecule has 4 heterocycles. The van der Waals surface area contributed by atoms with Gasteiger partial charge in [0.2, 0.25) is 0 Å². The zero-order chi connectivity index (χ0) is 22.2. The fourth-order valence-corrected chi connectivity index (χ4v) is 4.65. The van der Waals surface area contributed by atoms with E-state index in [-0.39, 0.29) is 0 Å². The van der Waals surface area contributed by atoms with Crippen LogP contribution < -0.4 is 5.32 Å². The van der Waals surface area contributed by atoms with Gasteiger partial charge in [-0.2, -0.15) is 14.6 Å². The minimum Gasteiger partial charge on any atom is -0.394 e. The fourth-order valence-electron chi connectivity index (χ4n) is 4.65. The molecule has 3 aromatic rings. The molecule has 0 spiro atoms. The molecule has 0 unspecified atom stereocenters. The molecule has 0 radical (unpaired) electrons. The van der Waals surface area contributed by atoms with E-state index < -0.39 is 31.1 Å². The van der Waals surface area contributed by atoms with Crippen LogP contribution in [-0.4, -0.2) is 81.8 Å². The number of nitrogens with zero attached hydrogens (tertiary/aromatic N) is 7. The van der Waals surface area contributed by atoms with Crippen LogP contribution in [0.5, 0.6) is 0 Å². The van der Waals surface area contributed by atoms with Crippen molar-refractivity contribution < 1.29 is 20.1 Å². The molecule has 1 saturated carbocycles. The molecule has 1 aliphatic heterocycles. The molecule has 32 heavy (non-hydrogen) atoms. The van der Waals surface area contributed by atoms with Gasteiger partial charge in [-0.25, -0.2) is 4.98 Å². The molecule has 0 aromatic carbocycles. The van der Waals surface area contributed by atoms with Crippen LogP contribution in [0.2, 0.25) is 0 Å². The summed E-state index contributed by atoms with van der Waals surface area (Å²) in [7, 11) is 1.73. The lowest BCUT2D eigenvalue weighted by Crippen LogP contribution is -2.33. The summed E-state index contributed by atoms with van der Waals surface area (Å²) in [6.45, 7) is -0.411. The second-order valence-corrected chi connectivity index (χ2v) is 8.54. The molecule has 2 aliphatic rings. The van der Waals surface area contributed by atoms with Gasteiger partial charge in [0, 0.05) is 7.05 Å². The summed E-state index contributed by atoms with van der Waals surface area (Å²) in [5.41, 5.74) is 1.79. The predicted molar refractivity (Wildman–Crippen MR) is 113 cm³/mol. The molecule has 1 aliphatic carbocycles. The molecule has 4 N–H and O–H groups in total. The summed E-state index contributed by atoms with van der Waals surface area (Å²) >= 11 is 0. The molecule has 4 atom stereocenters. The Morgan fingerprint density at radius 2 is 1.97 bits per heavy atom. The van der Waals surface area contributed by atoms with Gasteiger partial charge in [-0.05, 0) is 12.3 Å². The van der Waals surface area contributed by atoms with Gasteiger partial charge in [-0.3, -0.25) is 4.57 Å². The molecule has 1 saturated heterocycles. The van der Waals surface area contributed by atoms with E-state index in [4.69, 9.17) is 4.74 Å². The van der Waals surface area contributed by atoms with Crippen molar-refractivity contribution in [3.05, 3.63) is 18.2 Å². The van der Waals surface area contributed by atoms with Crippen molar-refractivity contribution in [1.29, 1.82) is 0 Å². The molecule has 12 heteroatoms. The van der Waals surface area contributed by atoms with Crippen LogP contribution >= 0.6 is 0 Å². The fraction of sp³-hybridized carbons (Fsp3) is 0.650. The van der Waals surface area contributed by atoms with Gasteiger partial charge in [-0.15, -0.1) is 5.10 Å². The highest BCUT2D eigenvalue weighted by Crippen LogP contribution is 2.32. The Morgan fingerprint density at radius 3 is 2.69 bits per heavy atom. The SMILES string of the molecule is CNc1nc(-n2cc(CC3CCCCC3)nn2)nc2c1ncn2[C@@H]1O[C@H](CO)[C@@H](O)[C@H]1O. The van der Waals surface area contributed by atoms with Crippen molar-refractivity contribution in [2.75, 3.05) is 19.0 Å². The van der Waals surface area contributed by atoms with E-state index in [9.17, 15) is 15.3 Å². The summed E-state index contributed by atoms with van der Waals surface area (Å²) in [5, 5.41) is 41.5. The van der Waals surface area contributed by atoms with Gasteiger partial charge >= 0.3 is 0 Å². The molecule has 2 fully saturated rings. The summed E-state index contributed by atoms with van der Waals surface area (Å²) in [4.78, 5) is 13.5. The number of aliphatic hydroxyl groups excluding tert-OH is 3. The second-order valence-electron chi connectivity index (χ2n) is 8.54. The third kappa shape index (κ3) is 3.72. The van der Waals surface area contributed by atoms with E-state index in [2.05, 4.69) is 30.6 Å². The number of hydrogen-bond acceptors (Lipinski definition) is 10. The smallest absolute Gasteiger partial charge is 0.256 e. The van der Waals surface area contributed by atoms with Crippen LogP contribution in [0, 0.1) is 5.92 Å². The molecule has 0 amide bonds. The number of aliphatic hydroxyl groups is 3. The highest BCUT2D eigenvalue weighted by molar-refractivity contribution is 5.83. The van der Waals surface area contributed by atoms with Gasteiger partial charge < -0.3 is 25.4 Å². The maximum absolute atomic E-state index is 10.4. The summed E-state index contributed by atoms with van der Waals surface area (Å²) in [6.07, 6.45) is 6.22. The zero-order valence-corrected chi connectivity index (χ0v) is 17.9. The van der Waals surface area contributed by atoms with Gasteiger partial charge in [0.05, 0.1) is 24.8 Å². The Kier molecular flexibility index (Phi) is 5.76. The lowest BCUT2D eigenvalue weighted by Gasteiger charge is -2.19. The molecule has 0 bridgehead atoms. The summed E-state index contributed by atoms with van der Waals surface area (Å²) in [5.74, 6) is 1.43. The minimum absolute atomic E-state index is 0.303. The first-order valence-corrected chi connectivity index (χ1v) is 11.1. The Balaban J connectivity index is 1.48. The van der Waals surface area contributed by atoms with Crippen molar-refractivity contribution in [2.24, 2.45) is 5.92 Å². The Bertz CT molecular complexity index is 1080. The van der Waals surface area contributed by atoms with Crippen LogP contribution in [0.3, 0.4) is 0 Å². The Morgan fingerprint density at radius 1 is 1.16 bits per heavy atom. The van der Waals surface area contributed by atoms with E-state index in [1.54, 1.807) is 7.05 Å². The van der Waals surface area contributed by atoms with Gasteiger partial charge in [0.15, 0.2) is 23.2 Å². The number of rotatable bonds is 6. The highest BCUT2D eigenvalue weighted by atomic mass is 16.6. The first kappa shape index (κ1) is 21.2. The van der Waals surface area contributed by atoms with E-state index >= 15 is 0 Å². The Labute approximate surface area is 184 Å². The third-order valence-corrected chi connectivity index (χ3v) is 6.41. The molecular formula is C20H28N8O4. The standard InChI is InChI=1S/C20H28N8O4/c1-21-17-14-18(27(10-22-14)19-16(31)15(30)13(9-29)32-19)24-20(23-17)28-8-12(25-26-28)7-11-5-3-2-4-6-11/h8,10-11,13,15-16,19,29-31H,2-7,9H2,1H3,(H,21,23,24)/t13-,15-,16-,19-/m1/s1. The molecule has 5 rings (SSSR count). The normalized spacial score (nSPS) is 26.8. The van der Waals surface area contributed by atoms with Crippen LogP contribution in [0.1, 0.15) is 44.0 Å². The van der Waals surface area contributed by atoms with Crippen LogP contribution in [-0.2, 0) is 11.2 Å². The van der Waals surface area contributed by atoms with Crippen molar-refractivity contribution in [3.8, 4) is 5.95 Å². The van der Waals surface area contributed by atoms with E-state index in [1.165, 1.54) is 47.7 Å². The number of aromatic nitrogens is 7. The number of fused-ring (bicyclic) bond motifs is 1. The highest BCUT2D eigenvalue weighted by Gasteiger charge is 2.44. The quantitative estimate of drug-likeness (QED) is 0.414. The van der Waals surface area contributed by atoms with Crippen molar-refractivity contribution in [2.45, 2.75) is 63.1 Å². The van der Waals surface area contributed by atoms with Crippen LogP contribution in [0.4, 0.5) is 5.82 Å². The van der Waals surface area contributed by atoms with E-state index in [1.807, 2.05) is 6.20 Å². The maximum atomic E-state index is 10.4. The first-order valence-electron chi connectivity index (χ1n) is 11.1. The van der Waals surface area contributed by atoms with Crippen molar-refractivity contribution >= 4 is 17.0 Å². The predicted octanol–water partition coefficient (Wildman–Crippen LogP) is 0.183. The number of nitrogens with one attached hydrogen (secondary N) is 1. The monoisotopic (exact) mass is 444 g/mol. The van der Waals surface area contributed by atoms with Gasteiger partial charge in [0.25, 0.3) is 5.95 Å². The molecular weight excluding hydrogens is 416 g/mol. The van der Waals surface area contributed by atoms with Crippen LogP contribution in [0.25, 0.3) is 17.1 Å². The number of hydrogen-bond donors (Lipinski definition) is 4. The summed E-state index contributed by atoms with van der Waals surface area (Å²) < 4.78 is 8.72. The van der Waals surface area contributed by atoms with E-state index in [0.29, 0.717) is 28.8 Å². The zero-order valence-electron chi connectivity index (χ0n) is 17.9. The topological polar surface area (TPSA) is 156 Å². The van der Waals surface area contributed by atoms with Crippen molar-refractivity contribution in [1.82, 2.24) is 34.5 Å². The second kappa shape index (κ2) is 8.70. The van der Waals surface area contributed by atoms with Crippen LogP contribution in [0.15, 0.2) is 12.5 Å². The lowest BCUT2D eigenvalue weighted by molar-refractivity contribution is -0.0511. The number of anilines is 1. The molecule has 172 valence electrons. The van der Waals surface area contributed by atoms with Gasteiger partial charge in [0.1, 0.15) is 18.3 Å². The molecule has 3 aromatic heterocycles. The van der Waals surface area contributed by atoms with E-state index in [0.717, 1.165) is 12.1 Å². The molecule has 12 nitrogen and oxygen atoms in total. The van der Waals surface area contributed by atoms with Crippen molar-refractivity contribution in [3.63, 3.8) is 0 Å². The maximum Gasteiger partial charge on any atom is 0.256 e. The van der Waals surface area contributed by atoms with Gasteiger partial charge in [-0.1, -0.05) is 37.3 Å². The average Bonchev–Trinajstić information content (AvgIpc) is 3.52.